The molecule has 168 valence electrons. The number of benzene rings is 2. The normalized spacial score (nSPS) is 10.6. The number of nitro groups is 1. The van der Waals surface area contributed by atoms with Crippen LogP contribution in [0.4, 0.5) is 11.4 Å². The van der Waals surface area contributed by atoms with Gasteiger partial charge in [0, 0.05) is 23.4 Å². The molecule has 0 saturated heterocycles. The summed E-state index contributed by atoms with van der Waals surface area (Å²) >= 11 is 0. The Balaban J connectivity index is 1.55. The summed E-state index contributed by atoms with van der Waals surface area (Å²) in [6.45, 7) is 1.93. The van der Waals surface area contributed by atoms with E-state index in [0.717, 1.165) is 0 Å². The highest BCUT2D eigenvalue weighted by atomic mass is 16.6. The van der Waals surface area contributed by atoms with Gasteiger partial charge in [-0.15, -0.1) is 0 Å². The molecule has 1 aromatic heterocycles. The van der Waals surface area contributed by atoms with E-state index in [1.165, 1.54) is 48.7 Å². The van der Waals surface area contributed by atoms with Crippen molar-refractivity contribution in [2.45, 2.75) is 6.92 Å². The molecule has 0 bridgehead atoms. The molecule has 0 fully saturated rings. The highest BCUT2D eigenvalue weighted by molar-refractivity contribution is 6.39. The Morgan fingerprint density at radius 3 is 2.55 bits per heavy atom. The third-order valence-electron chi connectivity index (χ3n) is 4.19. The predicted octanol–water partition coefficient (Wildman–Crippen LogP) is 3.12. The van der Waals surface area contributed by atoms with Gasteiger partial charge in [0.05, 0.1) is 23.3 Å². The third-order valence-corrected chi connectivity index (χ3v) is 4.19. The number of carbonyl (C=O) groups is 3. The number of carbonyl (C=O) groups excluding carboxylic acids is 3. The van der Waals surface area contributed by atoms with E-state index in [-0.39, 0.29) is 18.1 Å². The maximum absolute atomic E-state index is 12.0. The summed E-state index contributed by atoms with van der Waals surface area (Å²) in [4.78, 5) is 45.9. The van der Waals surface area contributed by atoms with E-state index in [1.54, 1.807) is 25.1 Å². The molecule has 0 saturated carbocycles. The summed E-state index contributed by atoms with van der Waals surface area (Å²) in [5.41, 5.74) is 3.11. The molecule has 11 nitrogen and oxygen atoms in total. The zero-order valence-corrected chi connectivity index (χ0v) is 17.3. The largest absolute Gasteiger partial charge is 0.462 e. The first kappa shape index (κ1) is 22.9. The van der Waals surface area contributed by atoms with Gasteiger partial charge in [-0.2, -0.15) is 5.10 Å². The molecule has 3 aromatic rings. The van der Waals surface area contributed by atoms with Gasteiger partial charge in [-0.25, -0.2) is 10.2 Å². The zero-order chi connectivity index (χ0) is 23.8. The average Bonchev–Trinajstić information content (AvgIpc) is 3.28. The van der Waals surface area contributed by atoms with E-state index >= 15 is 0 Å². The van der Waals surface area contributed by atoms with Gasteiger partial charge in [0.25, 0.3) is 5.69 Å². The molecular weight excluding hydrogens is 432 g/mol. The number of esters is 1. The number of hydrogen-bond donors (Lipinski definition) is 2. The minimum absolute atomic E-state index is 0.0760. The zero-order valence-electron chi connectivity index (χ0n) is 17.3. The molecule has 0 atom stereocenters. The fraction of sp³-hybridized carbons (Fsp3) is 0.0909. The molecule has 0 aliphatic carbocycles. The van der Waals surface area contributed by atoms with Gasteiger partial charge >= 0.3 is 17.8 Å². The van der Waals surface area contributed by atoms with Crippen LogP contribution in [0, 0.1) is 10.1 Å². The second kappa shape index (κ2) is 10.5. The number of hydrogen-bond acceptors (Lipinski definition) is 8. The van der Waals surface area contributed by atoms with Crippen LogP contribution in [0.3, 0.4) is 0 Å². The fourth-order valence-electron chi connectivity index (χ4n) is 2.65. The Bertz CT molecular complexity index is 1220. The van der Waals surface area contributed by atoms with Crippen LogP contribution in [0.25, 0.3) is 11.3 Å². The number of ether oxygens (including phenoxy) is 1. The van der Waals surface area contributed by atoms with E-state index in [1.807, 2.05) is 0 Å². The molecule has 0 spiro atoms. The lowest BCUT2D eigenvalue weighted by Gasteiger charge is -2.05. The molecule has 11 heteroatoms. The number of hydrazone groups is 1. The second-order valence-electron chi connectivity index (χ2n) is 6.46. The van der Waals surface area contributed by atoms with E-state index in [4.69, 9.17) is 9.15 Å². The van der Waals surface area contributed by atoms with Gasteiger partial charge in [0.2, 0.25) is 0 Å². The van der Waals surface area contributed by atoms with Crippen LogP contribution in [-0.2, 0) is 14.3 Å². The molecular formula is C22H18N4O7. The first-order chi connectivity index (χ1) is 15.9. The lowest BCUT2D eigenvalue weighted by Crippen LogP contribution is -2.32. The van der Waals surface area contributed by atoms with Crippen molar-refractivity contribution in [2.24, 2.45) is 5.10 Å². The minimum atomic E-state index is -1.02. The highest BCUT2D eigenvalue weighted by Gasteiger charge is 2.14. The lowest BCUT2D eigenvalue weighted by atomic mass is 10.1. The van der Waals surface area contributed by atoms with Crippen molar-refractivity contribution in [3.05, 3.63) is 82.1 Å². The Hall–Kier alpha value is -4.80. The van der Waals surface area contributed by atoms with Crippen molar-refractivity contribution in [2.75, 3.05) is 11.9 Å². The first-order valence-electron chi connectivity index (χ1n) is 9.63. The molecule has 0 radical (unpaired) electrons. The van der Waals surface area contributed by atoms with Gasteiger partial charge in [-0.3, -0.25) is 19.7 Å². The SMILES string of the molecule is CCOC(=O)c1ccc(NC(=O)C(=O)N/N=C/c2ccc(-c3cccc([N+](=O)[O-])c3)o2)cc1. The number of nitrogens with zero attached hydrogens (tertiary/aromatic N) is 2. The molecule has 33 heavy (non-hydrogen) atoms. The van der Waals surface area contributed by atoms with Gasteiger partial charge in [-0.1, -0.05) is 12.1 Å². The number of rotatable bonds is 7. The van der Waals surface area contributed by atoms with Crippen LogP contribution in [0.15, 0.2) is 70.2 Å². The monoisotopic (exact) mass is 450 g/mol. The second-order valence-corrected chi connectivity index (χ2v) is 6.46. The van der Waals surface area contributed by atoms with Crippen LogP contribution >= 0.6 is 0 Å². The number of furan rings is 1. The summed E-state index contributed by atoms with van der Waals surface area (Å²) < 4.78 is 10.4. The molecule has 0 unspecified atom stereocenters. The Morgan fingerprint density at radius 1 is 1.09 bits per heavy atom. The Kier molecular flexibility index (Phi) is 7.27. The number of nitro benzene ring substituents is 1. The van der Waals surface area contributed by atoms with Gasteiger partial charge in [-0.05, 0) is 43.3 Å². The van der Waals surface area contributed by atoms with Crippen molar-refractivity contribution in [3.63, 3.8) is 0 Å². The summed E-state index contributed by atoms with van der Waals surface area (Å²) in [5.74, 6) is -1.85. The molecule has 3 rings (SSSR count). The quantitative estimate of drug-likeness (QED) is 0.184. The first-order valence-corrected chi connectivity index (χ1v) is 9.63. The van der Waals surface area contributed by atoms with Crippen molar-refractivity contribution >= 4 is 35.4 Å². The summed E-state index contributed by atoms with van der Waals surface area (Å²) in [7, 11) is 0. The van der Waals surface area contributed by atoms with Crippen molar-refractivity contribution in [1.29, 1.82) is 0 Å². The van der Waals surface area contributed by atoms with Crippen LogP contribution < -0.4 is 10.7 Å². The van der Waals surface area contributed by atoms with E-state index in [9.17, 15) is 24.5 Å². The maximum Gasteiger partial charge on any atom is 0.338 e. The molecule has 0 aliphatic heterocycles. The number of nitrogens with one attached hydrogen (secondary N) is 2. The molecule has 2 aromatic carbocycles. The van der Waals surface area contributed by atoms with E-state index in [0.29, 0.717) is 22.6 Å². The maximum atomic E-state index is 12.0. The van der Waals surface area contributed by atoms with E-state index in [2.05, 4.69) is 15.8 Å². The smallest absolute Gasteiger partial charge is 0.338 e. The van der Waals surface area contributed by atoms with Crippen LogP contribution in [0.2, 0.25) is 0 Å². The minimum Gasteiger partial charge on any atom is -0.462 e. The van der Waals surface area contributed by atoms with Crippen LogP contribution in [0.5, 0.6) is 0 Å². The number of amides is 2. The summed E-state index contributed by atoms with van der Waals surface area (Å²) in [6.07, 6.45) is 1.18. The van der Waals surface area contributed by atoms with Crippen molar-refractivity contribution < 1.29 is 28.5 Å². The number of non-ortho nitro benzene ring substituents is 1. The molecule has 2 amide bonds. The Labute approximate surface area is 187 Å². The predicted molar refractivity (Wildman–Crippen MR) is 118 cm³/mol. The van der Waals surface area contributed by atoms with Crippen molar-refractivity contribution in [3.8, 4) is 11.3 Å². The average molecular weight is 450 g/mol. The topological polar surface area (TPSA) is 153 Å². The van der Waals surface area contributed by atoms with E-state index < -0.39 is 22.7 Å². The van der Waals surface area contributed by atoms with Crippen LogP contribution in [-0.4, -0.2) is 35.5 Å². The van der Waals surface area contributed by atoms with Gasteiger partial charge in [0.1, 0.15) is 11.5 Å². The van der Waals surface area contributed by atoms with Gasteiger partial charge < -0.3 is 14.5 Å². The standard InChI is InChI=1S/C22H18N4O7/c1-2-32-22(29)14-6-8-16(9-7-14)24-20(27)21(28)25-23-13-18-10-11-19(33-18)15-4-3-5-17(12-15)26(30)31/h3-13H,2H2,1H3,(H,24,27)(H,25,28)/b23-13+. The highest BCUT2D eigenvalue weighted by Crippen LogP contribution is 2.25. The van der Waals surface area contributed by atoms with Crippen molar-refractivity contribution in [1.82, 2.24) is 5.43 Å². The fourth-order valence-corrected chi connectivity index (χ4v) is 2.65. The van der Waals surface area contributed by atoms with Gasteiger partial charge in [0.15, 0.2) is 0 Å². The summed E-state index contributed by atoms with van der Waals surface area (Å²) in [5, 5.41) is 16.9. The molecule has 2 N–H and O–H groups in total. The Morgan fingerprint density at radius 2 is 1.85 bits per heavy atom. The number of anilines is 1. The lowest BCUT2D eigenvalue weighted by molar-refractivity contribution is -0.384. The van der Waals surface area contributed by atoms with Crippen LogP contribution in [0.1, 0.15) is 23.0 Å². The summed E-state index contributed by atoms with van der Waals surface area (Å²) in [6, 6.07) is 14.9. The molecule has 1 heterocycles. The third kappa shape index (κ3) is 6.10. The molecule has 0 aliphatic rings.